The van der Waals surface area contributed by atoms with E-state index in [1.807, 2.05) is 13.8 Å². The summed E-state index contributed by atoms with van der Waals surface area (Å²) >= 11 is 0. The first-order valence-electron chi connectivity index (χ1n) is 6.42. The Kier molecular flexibility index (Phi) is 5.88. The van der Waals surface area contributed by atoms with Crippen LogP contribution in [0.2, 0.25) is 0 Å². The molecular formula is C14H18N2O4S. The van der Waals surface area contributed by atoms with Crippen LogP contribution >= 0.6 is 0 Å². The Bertz CT molecular complexity index is 662. The number of carbonyl (C=O) groups is 1. The van der Waals surface area contributed by atoms with Gasteiger partial charge in [-0.3, -0.25) is 4.79 Å². The summed E-state index contributed by atoms with van der Waals surface area (Å²) in [6.07, 6.45) is -0.968. The zero-order valence-electron chi connectivity index (χ0n) is 12.2. The monoisotopic (exact) mass is 310 g/mol. The number of aryl methyl sites for hydroxylation is 2. The van der Waals surface area contributed by atoms with Gasteiger partial charge in [-0.05, 0) is 44.0 Å². The van der Waals surface area contributed by atoms with E-state index in [2.05, 4.69) is 4.72 Å². The molecule has 0 bridgehead atoms. The molecule has 0 radical (unpaired) electrons. The minimum absolute atomic E-state index is 0.0771. The van der Waals surface area contributed by atoms with Gasteiger partial charge in [0.05, 0.1) is 11.3 Å². The van der Waals surface area contributed by atoms with E-state index >= 15 is 0 Å². The number of hydrogen-bond acceptors (Lipinski definition) is 5. The first kappa shape index (κ1) is 17.1. The highest BCUT2D eigenvalue weighted by Gasteiger charge is 2.15. The molecule has 0 aromatic heterocycles. The number of sulfonamides is 1. The lowest BCUT2D eigenvalue weighted by Gasteiger charge is -2.09. The lowest BCUT2D eigenvalue weighted by atomic mass is 10.1. The minimum Gasteiger partial charge on any atom is -0.447 e. The fraction of sp³-hybridized carbons (Fsp3) is 0.429. The SMILES string of the molecule is Cc1ccc(S(=O)(=O)NCCC(=O)O[C@@H](C)C#N)cc1C. The van der Waals surface area contributed by atoms with Gasteiger partial charge in [0.1, 0.15) is 6.07 Å². The van der Waals surface area contributed by atoms with Gasteiger partial charge >= 0.3 is 5.97 Å². The summed E-state index contributed by atoms with van der Waals surface area (Å²) in [6.45, 7) is 5.09. The number of rotatable bonds is 6. The maximum absolute atomic E-state index is 12.0. The fourth-order valence-corrected chi connectivity index (χ4v) is 2.65. The maximum Gasteiger partial charge on any atom is 0.308 e. The average Bonchev–Trinajstić information content (AvgIpc) is 2.41. The summed E-state index contributed by atoms with van der Waals surface area (Å²) < 4.78 is 31.1. The van der Waals surface area contributed by atoms with Gasteiger partial charge in [0, 0.05) is 6.54 Å². The first-order valence-corrected chi connectivity index (χ1v) is 7.90. The average molecular weight is 310 g/mol. The summed E-state index contributed by atoms with van der Waals surface area (Å²) in [4.78, 5) is 11.5. The number of nitrogens with zero attached hydrogens (tertiary/aromatic N) is 1. The van der Waals surface area contributed by atoms with Crippen LogP contribution in [0.5, 0.6) is 0 Å². The van der Waals surface area contributed by atoms with Gasteiger partial charge < -0.3 is 4.74 Å². The zero-order valence-corrected chi connectivity index (χ0v) is 13.0. The molecule has 0 aliphatic heterocycles. The highest BCUT2D eigenvalue weighted by molar-refractivity contribution is 7.89. The second-order valence-electron chi connectivity index (χ2n) is 4.66. The molecule has 1 aromatic rings. The number of nitriles is 1. The van der Waals surface area contributed by atoms with E-state index in [1.165, 1.54) is 13.0 Å². The molecule has 0 fully saturated rings. The van der Waals surface area contributed by atoms with Crippen molar-refractivity contribution in [2.45, 2.75) is 38.2 Å². The Hall–Kier alpha value is -1.91. The number of nitrogens with one attached hydrogen (secondary N) is 1. The summed E-state index contributed by atoms with van der Waals surface area (Å²) in [7, 11) is -3.65. The van der Waals surface area contributed by atoms with Crippen LogP contribution in [0.1, 0.15) is 24.5 Å². The Morgan fingerprint density at radius 2 is 2.05 bits per heavy atom. The van der Waals surface area contributed by atoms with Crippen molar-refractivity contribution in [1.82, 2.24) is 4.72 Å². The number of carbonyl (C=O) groups excluding carboxylic acids is 1. The molecule has 6 nitrogen and oxygen atoms in total. The molecular weight excluding hydrogens is 292 g/mol. The predicted molar refractivity (Wildman–Crippen MR) is 76.9 cm³/mol. The molecule has 0 saturated carbocycles. The van der Waals surface area contributed by atoms with Crippen LogP contribution in [0.15, 0.2) is 23.1 Å². The number of ether oxygens (including phenoxy) is 1. The number of benzene rings is 1. The molecule has 0 unspecified atom stereocenters. The van der Waals surface area contributed by atoms with Crippen LogP contribution in [-0.2, 0) is 19.6 Å². The van der Waals surface area contributed by atoms with Crippen LogP contribution in [0.3, 0.4) is 0 Å². The third-order valence-electron chi connectivity index (χ3n) is 2.90. The molecule has 0 spiro atoms. The van der Waals surface area contributed by atoms with E-state index in [4.69, 9.17) is 10.00 Å². The predicted octanol–water partition coefficient (Wildman–Crippen LogP) is 1.43. The Balaban J connectivity index is 2.60. The molecule has 7 heteroatoms. The van der Waals surface area contributed by atoms with E-state index in [1.54, 1.807) is 18.2 Å². The van der Waals surface area contributed by atoms with Crippen molar-refractivity contribution >= 4 is 16.0 Å². The van der Waals surface area contributed by atoms with Crippen LogP contribution < -0.4 is 4.72 Å². The minimum atomic E-state index is -3.65. The molecule has 1 aromatic carbocycles. The number of hydrogen-bond donors (Lipinski definition) is 1. The Morgan fingerprint density at radius 3 is 2.62 bits per heavy atom. The molecule has 0 aliphatic carbocycles. The summed E-state index contributed by atoms with van der Waals surface area (Å²) in [5, 5.41) is 8.50. The lowest BCUT2D eigenvalue weighted by Crippen LogP contribution is -2.27. The summed E-state index contributed by atoms with van der Waals surface area (Å²) in [5.41, 5.74) is 1.88. The van der Waals surface area contributed by atoms with Gasteiger partial charge in [0.25, 0.3) is 0 Å². The van der Waals surface area contributed by atoms with Gasteiger partial charge in [-0.2, -0.15) is 5.26 Å². The van der Waals surface area contributed by atoms with E-state index in [0.29, 0.717) is 0 Å². The largest absolute Gasteiger partial charge is 0.447 e. The van der Waals surface area contributed by atoms with Crippen molar-refractivity contribution in [2.24, 2.45) is 0 Å². The molecule has 0 saturated heterocycles. The summed E-state index contributed by atoms with van der Waals surface area (Å²) in [6, 6.07) is 6.58. The highest BCUT2D eigenvalue weighted by atomic mass is 32.2. The van der Waals surface area contributed by atoms with E-state index in [0.717, 1.165) is 11.1 Å². The molecule has 1 rings (SSSR count). The van der Waals surface area contributed by atoms with Crippen molar-refractivity contribution in [3.05, 3.63) is 29.3 Å². The smallest absolute Gasteiger partial charge is 0.308 e. The van der Waals surface area contributed by atoms with Gasteiger partial charge in [-0.15, -0.1) is 0 Å². The second kappa shape index (κ2) is 7.20. The first-order chi connectivity index (χ1) is 9.76. The van der Waals surface area contributed by atoms with E-state index in [-0.39, 0.29) is 17.9 Å². The molecule has 114 valence electrons. The van der Waals surface area contributed by atoms with Crippen LogP contribution in [0, 0.1) is 25.2 Å². The van der Waals surface area contributed by atoms with Crippen LogP contribution in [-0.4, -0.2) is 27.0 Å². The van der Waals surface area contributed by atoms with Crippen molar-refractivity contribution < 1.29 is 17.9 Å². The van der Waals surface area contributed by atoms with Crippen molar-refractivity contribution in [3.63, 3.8) is 0 Å². The molecule has 21 heavy (non-hydrogen) atoms. The van der Waals surface area contributed by atoms with E-state index in [9.17, 15) is 13.2 Å². The topological polar surface area (TPSA) is 96.3 Å². The Morgan fingerprint density at radius 1 is 1.38 bits per heavy atom. The van der Waals surface area contributed by atoms with Crippen molar-refractivity contribution in [2.75, 3.05) is 6.54 Å². The standard InChI is InChI=1S/C14H18N2O4S/c1-10-4-5-13(8-11(10)2)21(18,19)16-7-6-14(17)20-12(3)9-15/h4-5,8,12,16H,6-7H2,1-3H3/t12-/m0/s1. The zero-order chi connectivity index (χ0) is 16.0. The van der Waals surface area contributed by atoms with E-state index < -0.39 is 22.1 Å². The quantitative estimate of drug-likeness (QED) is 0.802. The highest BCUT2D eigenvalue weighted by Crippen LogP contribution is 2.14. The molecule has 1 atom stereocenters. The maximum atomic E-state index is 12.0. The lowest BCUT2D eigenvalue weighted by molar-refractivity contribution is -0.145. The van der Waals surface area contributed by atoms with Gasteiger partial charge in [-0.1, -0.05) is 6.07 Å². The fourth-order valence-electron chi connectivity index (χ4n) is 1.53. The summed E-state index contributed by atoms with van der Waals surface area (Å²) in [5.74, 6) is -0.619. The molecule has 0 heterocycles. The number of esters is 1. The normalized spacial score (nSPS) is 12.5. The van der Waals surface area contributed by atoms with Crippen LogP contribution in [0.25, 0.3) is 0 Å². The van der Waals surface area contributed by atoms with Crippen LogP contribution in [0.4, 0.5) is 0 Å². The van der Waals surface area contributed by atoms with Crippen molar-refractivity contribution in [3.8, 4) is 6.07 Å². The third kappa shape index (κ3) is 5.17. The van der Waals surface area contributed by atoms with Gasteiger partial charge in [-0.25, -0.2) is 13.1 Å². The van der Waals surface area contributed by atoms with Gasteiger partial charge in [0.15, 0.2) is 6.10 Å². The molecule has 0 aliphatic rings. The van der Waals surface area contributed by atoms with Crippen molar-refractivity contribution in [1.29, 1.82) is 5.26 Å². The third-order valence-corrected chi connectivity index (χ3v) is 4.36. The molecule has 0 amide bonds. The Labute approximate surface area is 124 Å². The second-order valence-corrected chi connectivity index (χ2v) is 6.42. The molecule has 1 N–H and O–H groups in total. The van der Waals surface area contributed by atoms with Gasteiger partial charge in [0.2, 0.25) is 10.0 Å².